The van der Waals surface area contributed by atoms with Gasteiger partial charge < -0.3 is 9.52 Å². The fourth-order valence-electron chi connectivity index (χ4n) is 1.81. The molecule has 0 aromatic carbocycles. The Labute approximate surface area is 92.9 Å². The molecular formula is C12H13NO3. The van der Waals surface area contributed by atoms with E-state index in [2.05, 4.69) is 4.98 Å². The molecule has 0 amide bonds. The summed E-state index contributed by atoms with van der Waals surface area (Å²) in [6.45, 7) is 3.75. The van der Waals surface area contributed by atoms with Crippen molar-refractivity contribution in [3.63, 3.8) is 0 Å². The minimum absolute atomic E-state index is 0.00866. The first-order valence-corrected chi connectivity index (χ1v) is 5.15. The van der Waals surface area contributed by atoms with Crippen molar-refractivity contribution in [1.29, 1.82) is 0 Å². The van der Waals surface area contributed by atoms with Crippen molar-refractivity contribution in [1.82, 2.24) is 4.98 Å². The van der Waals surface area contributed by atoms with Gasteiger partial charge in [-0.15, -0.1) is 0 Å². The monoisotopic (exact) mass is 219 g/mol. The summed E-state index contributed by atoms with van der Waals surface area (Å²) in [7, 11) is 0. The Morgan fingerprint density at radius 1 is 1.50 bits per heavy atom. The third-order valence-corrected chi connectivity index (χ3v) is 2.61. The van der Waals surface area contributed by atoms with Crippen LogP contribution in [0.1, 0.15) is 25.5 Å². The predicted octanol–water partition coefficient (Wildman–Crippen LogP) is 2.65. The molecule has 2 heterocycles. The van der Waals surface area contributed by atoms with E-state index in [1.165, 1.54) is 0 Å². The highest BCUT2D eigenvalue weighted by atomic mass is 16.4. The summed E-state index contributed by atoms with van der Waals surface area (Å²) in [4.78, 5) is 15.3. The van der Waals surface area contributed by atoms with E-state index in [-0.39, 0.29) is 5.92 Å². The van der Waals surface area contributed by atoms with Crippen molar-refractivity contribution in [2.75, 3.05) is 0 Å². The number of aliphatic carboxylic acids is 1. The number of pyridine rings is 1. The Balaban J connectivity index is 2.48. The number of hydrogen-bond donors (Lipinski definition) is 1. The smallest absolute Gasteiger partial charge is 0.312 e. The highest BCUT2D eigenvalue weighted by Crippen LogP contribution is 2.26. The van der Waals surface area contributed by atoms with Crippen LogP contribution < -0.4 is 0 Å². The Bertz CT molecular complexity index is 516. The van der Waals surface area contributed by atoms with Crippen molar-refractivity contribution in [2.45, 2.75) is 19.8 Å². The van der Waals surface area contributed by atoms with E-state index in [0.717, 1.165) is 5.39 Å². The average molecular weight is 219 g/mol. The van der Waals surface area contributed by atoms with E-state index in [1.807, 2.05) is 13.8 Å². The van der Waals surface area contributed by atoms with Gasteiger partial charge in [0, 0.05) is 5.39 Å². The second kappa shape index (κ2) is 3.96. The molecule has 4 nitrogen and oxygen atoms in total. The number of fused-ring (bicyclic) bond motifs is 1. The van der Waals surface area contributed by atoms with Crippen LogP contribution >= 0.6 is 0 Å². The Morgan fingerprint density at radius 2 is 2.25 bits per heavy atom. The standard InChI is InChI=1S/C12H13NO3/c1-7(2)11(12(14)15)9-5-8-3-4-16-10(8)6-13-9/h3-7,11H,1-2H3,(H,14,15). The highest BCUT2D eigenvalue weighted by Gasteiger charge is 2.25. The zero-order valence-electron chi connectivity index (χ0n) is 9.18. The molecule has 0 fully saturated rings. The summed E-state index contributed by atoms with van der Waals surface area (Å²) in [5.41, 5.74) is 1.26. The molecule has 84 valence electrons. The van der Waals surface area contributed by atoms with Crippen LogP contribution in [0.25, 0.3) is 11.0 Å². The second-order valence-corrected chi connectivity index (χ2v) is 4.13. The molecule has 2 rings (SSSR count). The Morgan fingerprint density at radius 3 is 2.88 bits per heavy atom. The van der Waals surface area contributed by atoms with Crippen LogP contribution in [-0.2, 0) is 4.79 Å². The van der Waals surface area contributed by atoms with Crippen LogP contribution in [-0.4, -0.2) is 16.1 Å². The first-order valence-electron chi connectivity index (χ1n) is 5.15. The number of aromatic nitrogens is 1. The van der Waals surface area contributed by atoms with Crippen LogP contribution in [0.5, 0.6) is 0 Å². The van der Waals surface area contributed by atoms with Crippen molar-refractivity contribution in [3.8, 4) is 0 Å². The summed E-state index contributed by atoms with van der Waals surface area (Å²) in [6, 6.07) is 3.58. The van der Waals surface area contributed by atoms with Gasteiger partial charge in [0.2, 0.25) is 0 Å². The van der Waals surface area contributed by atoms with Gasteiger partial charge in [-0.3, -0.25) is 9.78 Å². The van der Waals surface area contributed by atoms with Crippen molar-refractivity contribution < 1.29 is 14.3 Å². The minimum atomic E-state index is -0.842. The van der Waals surface area contributed by atoms with Gasteiger partial charge in [0.25, 0.3) is 0 Å². The lowest BCUT2D eigenvalue weighted by molar-refractivity contribution is -0.140. The molecule has 0 radical (unpaired) electrons. The van der Waals surface area contributed by atoms with E-state index in [9.17, 15) is 4.79 Å². The van der Waals surface area contributed by atoms with Crippen molar-refractivity contribution >= 4 is 16.9 Å². The lowest BCUT2D eigenvalue weighted by Crippen LogP contribution is -2.18. The summed E-state index contributed by atoms with van der Waals surface area (Å²) < 4.78 is 5.16. The summed E-state index contributed by atoms with van der Waals surface area (Å²) in [5.74, 6) is -1.40. The van der Waals surface area contributed by atoms with Crippen molar-refractivity contribution in [2.24, 2.45) is 5.92 Å². The normalized spacial score (nSPS) is 13.2. The quantitative estimate of drug-likeness (QED) is 0.861. The zero-order chi connectivity index (χ0) is 11.7. The third-order valence-electron chi connectivity index (χ3n) is 2.61. The van der Waals surface area contributed by atoms with Gasteiger partial charge in [-0.25, -0.2) is 0 Å². The molecule has 0 aliphatic rings. The van der Waals surface area contributed by atoms with E-state index in [0.29, 0.717) is 11.3 Å². The van der Waals surface area contributed by atoms with Gasteiger partial charge >= 0.3 is 5.97 Å². The maximum absolute atomic E-state index is 11.2. The van der Waals surface area contributed by atoms with E-state index >= 15 is 0 Å². The molecule has 16 heavy (non-hydrogen) atoms. The second-order valence-electron chi connectivity index (χ2n) is 4.13. The predicted molar refractivity (Wildman–Crippen MR) is 59.2 cm³/mol. The SMILES string of the molecule is CC(C)C(C(=O)O)c1cc2ccoc2cn1. The molecule has 0 saturated carbocycles. The molecular weight excluding hydrogens is 206 g/mol. The fourth-order valence-corrected chi connectivity index (χ4v) is 1.81. The van der Waals surface area contributed by atoms with Crippen LogP contribution in [0.15, 0.2) is 29.0 Å². The number of furan rings is 1. The van der Waals surface area contributed by atoms with Crippen molar-refractivity contribution in [3.05, 3.63) is 30.3 Å². The van der Waals surface area contributed by atoms with Crippen LogP contribution in [0.2, 0.25) is 0 Å². The molecule has 0 aliphatic carbocycles. The van der Waals surface area contributed by atoms with Gasteiger partial charge in [0.1, 0.15) is 5.92 Å². The van der Waals surface area contributed by atoms with Gasteiger partial charge in [-0.1, -0.05) is 13.8 Å². The van der Waals surface area contributed by atoms with E-state index in [1.54, 1.807) is 24.6 Å². The number of carbonyl (C=O) groups is 1. The Kier molecular flexibility index (Phi) is 2.64. The first kappa shape index (κ1) is 10.7. The molecule has 1 atom stereocenters. The number of carboxylic acids is 1. The van der Waals surface area contributed by atoms with Gasteiger partial charge in [-0.2, -0.15) is 0 Å². The largest absolute Gasteiger partial charge is 0.481 e. The lowest BCUT2D eigenvalue weighted by atomic mass is 9.92. The van der Waals surface area contributed by atoms with Crippen LogP contribution in [0.3, 0.4) is 0 Å². The topological polar surface area (TPSA) is 63.3 Å². The number of hydrogen-bond acceptors (Lipinski definition) is 3. The first-order chi connectivity index (χ1) is 7.59. The molecule has 1 unspecified atom stereocenters. The zero-order valence-corrected chi connectivity index (χ0v) is 9.18. The van der Waals surface area contributed by atoms with Gasteiger partial charge in [0.15, 0.2) is 5.58 Å². The average Bonchev–Trinajstić information content (AvgIpc) is 2.63. The van der Waals surface area contributed by atoms with E-state index < -0.39 is 11.9 Å². The minimum Gasteiger partial charge on any atom is -0.481 e. The molecule has 0 bridgehead atoms. The van der Waals surface area contributed by atoms with Gasteiger partial charge in [-0.05, 0) is 18.1 Å². The molecule has 4 heteroatoms. The molecule has 0 aliphatic heterocycles. The fraction of sp³-hybridized carbons (Fsp3) is 0.333. The molecule has 0 spiro atoms. The van der Waals surface area contributed by atoms with E-state index in [4.69, 9.17) is 9.52 Å². The molecule has 0 saturated heterocycles. The molecule has 2 aromatic rings. The summed E-state index contributed by atoms with van der Waals surface area (Å²) >= 11 is 0. The highest BCUT2D eigenvalue weighted by molar-refractivity contribution is 5.80. The van der Waals surface area contributed by atoms with Gasteiger partial charge in [0.05, 0.1) is 18.2 Å². The lowest BCUT2D eigenvalue weighted by Gasteiger charge is -2.15. The maximum atomic E-state index is 11.2. The molecule has 2 aromatic heterocycles. The Hall–Kier alpha value is -1.84. The summed E-state index contributed by atoms with van der Waals surface area (Å²) in [6.07, 6.45) is 3.14. The van der Waals surface area contributed by atoms with Crippen LogP contribution in [0.4, 0.5) is 0 Å². The maximum Gasteiger partial charge on any atom is 0.312 e. The number of nitrogens with zero attached hydrogens (tertiary/aromatic N) is 1. The third kappa shape index (κ3) is 1.78. The molecule has 1 N–H and O–H groups in total. The number of carboxylic acid groups (broad SMARTS) is 1. The number of rotatable bonds is 3. The van der Waals surface area contributed by atoms with Crippen LogP contribution in [0, 0.1) is 5.92 Å². The summed E-state index contributed by atoms with van der Waals surface area (Å²) in [5, 5.41) is 10.0.